The molecule has 2 N–H and O–H groups in total. The molecule has 0 saturated heterocycles. The third kappa shape index (κ3) is 5.07. The van der Waals surface area contributed by atoms with Gasteiger partial charge in [-0.1, -0.05) is 54.1 Å². The minimum absolute atomic E-state index is 0.235. The van der Waals surface area contributed by atoms with Crippen LogP contribution in [0.1, 0.15) is 22.3 Å². The number of hydrogen-bond donors (Lipinski definition) is 2. The number of nitrogens with zero attached hydrogens (tertiary/aromatic N) is 1. The topological polar surface area (TPSA) is 54.0 Å². The summed E-state index contributed by atoms with van der Waals surface area (Å²) in [6.07, 6.45) is 3.60. The molecule has 26 heavy (non-hydrogen) atoms. The number of pyridine rings is 1. The molecule has 0 bridgehead atoms. The number of para-hydroxylation sites is 1. The predicted octanol–water partition coefficient (Wildman–Crippen LogP) is 5.03. The molecule has 2 aromatic carbocycles. The summed E-state index contributed by atoms with van der Waals surface area (Å²) >= 11 is 6.06. The number of nitrogens with one attached hydrogen (secondary N) is 2. The average molecular weight is 366 g/mol. The van der Waals surface area contributed by atoms with Crippen LogP contribution in [0.3, 0.4) is 0 Å². The Hall–Kier alpha value is -2.85. The highest BCUT2D eigenvalue weighted by atomic mass is 35.5. The second-order valence-electron chi connectivity index (χ2n) is 5.88. The van der Waals surface area contributed by atoms with Crippen LogP contribution in [-0.2, 0) is 6.42 Å². The summed E-state index contributed by atoms with van der Waals surface area (Å²) in [6.45, 7) is 0.826. The monoisotopic (exact) mass is 365 g/mol. The van der Waals surface area contributed by atoms with Crippen LogP contribution in [0.4, 0.5) is 11.5 Å². The number of benzene rings is 2. The Kier molecular flexibility index (Phi) is 6.23. The van der Waals surface area contributed by atoms with E-state index in [-0.39, 0.29) is 5.91 Å². The molecule has 5 heteroatoms. The number of anilines is 2. The van der Waals surface area contributed by atoms with Gasteiger partial charge in [0.2, 0.25) is 0 Å². The van der Waals surface area contributed by atoms with Crippen molar-refractivity contribution >= 4 is 29.0 Å². The van der Waals surface area contributed by atoms with E-state index in [2.05, 4.69) is 39.9 Å². The highest BCUT2D eigenvalue weighted by Crippen LogP contribution is 2.21. The molecular formula is C21H20ClN3O. The largest absolute Gasteiger partial charge is 0.370 e. The fourth-order valence-electron chi connectivity index (χ4n) is 2.54. The first-order valence-electron chi connectivity index (χ1n) is 8.52. The first kappa shape index (κ1) is 18.0. The number of aryl methyl sites for hydroxylation is 1. The molecule has 0 unspecified atom stereocenters. The maximum atomic E-state index is 12.3. The van der Waals surface area contributed by atoms with Crippen molar-refractivity contribution in [2.45, 2.75) is 12.8 Å². The Morgan fingerprint density at radius 3 is 2.46 bits per heavy atom. The van der Waals surface area contributed by atoms with Crippen LogP contribution < -0.4 is 10.6 Å². The molecule has 132 valence electrons. The maximum absolute atomic E-state index is 12.3. The molecule has 1 aromatic heterocycles. The second kappa shape index (κ2) is 9.02. The van der Waals surface area contributed by atoms with E-state index >= 15 is 0 Å². The van der Waals surface area contributed by atoms with Gasteiger partial charge >= 0.3 is 0 Å². The van der Waals surface area contributed by atoms with Crippen LogP contribution in [0.5, 0.6) is 0 Å². The van der Waals surface area contributed by atoms with Crippen molar-refractivity contribution < 1.29 is 4.79 Å². The lowest BCUT2D eigenvalue weighted by Gasteiger charge is -2.08. The molecule has 0 radical (unpaired) electrons. The summed E-state index contributed by atoms with van der Waals surface area (Å²) in [6, 6.07) is 21.1. The van der Waals surface area contributed by atoms with E-state index in [0.717, 1.165) is 25.2 Å². The molecule has 0 atom stereocenters. The Morgan fingerprint density at radius 1 is 0.962 bits per heavy atom. The zero-order valence-electron chi connectivity index (χ0n) is 14.3. The number of aromatic nitrogens is 1. The Bertz CT molecular complexity index is 851. The SMILES string of the molecule is O=C(Nc1ccccc1Cl)c1ccc(NCCCc2ccccc2)nc1. The van der Waals surface area contributed by atoms with E-state index in [4.69, 9.17) is 11.6 Å². The normalized spacial score (nSPS) is 10.3. The highest BCUT2D eigenvalue weighted by Gasteiger charge is 2.08. The smallest absolute Gasteiger partial charge is 0.257 e. The molecule has 0 spiro atoms. The average Bonchev–Trinajstić information content (AvgIpc) is 2.68. The fraction of sp³-hybridized carbons (Fsp3) is 0.143. The summed E-state index contributed by atoms with van der Waals surface area (Å²) < 4.78 is 0. The first-order valence-corrected chi connectivity index (χ1v) is 8.90. The Balaban J connectivity index is 1.48. The van der Waals surface area contributed by atoms with Crippen molar-refractivity contribution in [3.8, 4) is 0 Å². The van der Waals surface area contributed by atoms with Crippen LogP contribution in [0.25, 0.3) is 0 Å². The van der Waals surface area contributed by atoms with Crippen molar-refractivity contribution in [3.63, 3.8) is 0 Å². The van der Waals surface area contributed by atoms with E-state index in [1.807, 2.05) is 24.3 Å². The highest BCUT2D eigenvalue weighted by molar-refractivity contribution is 6.33. The first-order chi connectivity index (χ1) is 12.7. The predicted molar refractivity (Wildman–Crippen MR) is 107 cm³/mol. The maximum Gasteiger partial charge on any atom is 0.257 e. The number of hydrogen-bond acceptors (Lipinski definition) is 3. The third-order valence-corrected chi connectivity index (χ3v) is 4.27. The van der Waals surface area contributed by atoms with Crippen molar-refractivity contribution in [2.24, 2.45) is 0 Å². The van der Waals surface area contributed by atoms with E-state index in [1.165, 1.54) is 5.56 Å². The zero-order chi connectivity index (χ0) is 18.2. The summed E-state index contributed by atoms with van der Waals surface area (Å²) in [4.78, 5) is 16.6. The molecule has 0 aliphatic heterocycles. The van der Waals surface area contributed by atoms with Crippen LogP contribution >= 0.6 is 11.6 Å². The molecule has 3 aromatic rings. The van der Waals surface area contributed by atoms with Crippen LogP contribution in [0, 0.1) is 0 Å². The molecular weight excluding hydrogens is 346 g/mol. The molecule has 4 nitrogen and oxygen atoms in total. The lowest BCUT2D eigenvalue weighted by molar-refractivity contribution is 0.102. The molecule has 0 aliphatic carbocycles. The molecule has 0 saturated carbocycles. The van der Waals surface area contributed by atoms with E-state index in [1.54, 1.807) is 24.4 Å². The molecule has 1 heterocycles. The van der Waals surface area contributed by atoms with Gasteiger partial charge in [0.1, 0.15) is 5.82 Å². The van der Waals surface area contributed by atoms with E-state index < -0.39 is 0 Å². The van der Waals surface area contributed by atoms with E-state index in [9.17, 15) is 4.79 Å². The van der Waals surface area contributed by atoms with Gasteiger partial charge in [-0.3, -0.25) is 4.79 Å². The lowest BCUT2D eigenvalue weighted by Crippen LogP contribution is -2.13. The quantitative estimate of drug-likeness (QED) is 0.577. The number of carbonyl (C=O) groups excluding carboxylic acids is 1. The zero-order valence-corrected chi connectivity index (χ0v) is 15.0. The van der Waals surface area contributed by atoms with Gasteiger partial charge < -0.3 is 10.6 Å². The van der Waals surface area contributed by atoms with Gasteiger partial charge in [0.05, 0.1) is 16.3 Å². The van der Waals surface area contributed by atoms with Gasteiger partial charge in [0, 0.05) is 12.7 Å². The van der Waals surface area contributed by atoms with E-state index in [0.29, 0.717) is 16.3 Å². The molecule has 0 fully saturated rings. The van der Waals surface area contributed by atoms with Crippen molar-refractivity contribution in [3.05, 3.63) is 89.1 Å². The fourth-order valence-corrected chi connectivity index (χ4v) is 2.73. The van der Waals surface area contributed by atoms with Gasteiger partial charge in [-0.25, -0.2) is 4.98 Å². The summed E-state index contributed by atoms with van der Waals surface area (Å²) in [5.41, 5.74) is 2.40. The molecule has 3 rings (SSSR count). The molecule has 1 amide bonds. The van der Waals surface area contributed by atoms with Gasteiger partial charge in [0.15, 0.2) is 0 Å². The molecule has 0 aliphatic rings. The summed E-state index contributed by atoms with van der Waals surface area (Å²) in [5.74, 6) is 0.522. The van der Waals surface area contributed by atoms with Gasteiger partial charge in [-0.2, -0.15) is 0 Å². The van der Waals surface area contributed by atoms with Gasteiger partial charge in [-0.15, -0.1) is 0 Å². The standard InChI is InChI=1S/C21H20ClN3O/c22-18-10-4-5-11-19(18)25-21(26)17-12-13-20(24-15-17)23-14-6-9-16-7-2-1-3-8-16/h1-5,7-8,10-13,15H,6,9,14H2,(H,23,24)(H,25,26). The van der Waals surface area contributed by atoms with Gasteiger partial charge in [-0.05, 0) is 42.7 Å². The van der Waals surface area contributed by atoms with Crippen molar-refractivity contribution in [1.82, 2.24) is 4.98 Å². The minimum Gasteiger partial charge on any atom is -0.370 e. The van der Waals surface area contributed by atoms with Crippen molar-refractivity contribution in [2.75, 3.05) is 17.2 Å². The summed E-state index contributed by atoms with van der Waals surface area (Å²) in [5, 5.41) is 6.57. The van der Waals surface area contributed by atoms with Crippen molar-refractivity contribution in [1.29, 1.82) is 0 Å². The van der Waals surface area contributed by atoms with Crippen LogP contribution in [0.2, 0.25) is 5.02 Å². The minimum atomic E-state index is -0.235. The number of halogens is 1. The van der Waals surface area contributed by atoms with Crippen LogP contribution in [-0.4, -0.2) is 17.4 Å². The summed E-state index contributed by atoms with van der Waals surface area (Å²) in [7, 11) is 0. The number of amides is 1. The number of rotatable bonds is 7. The Morgan fingerprint density at radius 2 is 1.73 bits per heavy atom. The lowest BCUT2D eigenvalue weighted by atomic mass is 10.1. The Labute approximate surface area is 158 Å². The van der Waals surface area contributed by atoms with Crippen LogP contribution in [0.15, 0.2) is 72.9 Å². The number of carbonyl (C=O) groups is 1. The second-order valence-corrected chi connectivity index (χ2v) is 6.29. The van der Waals surface area contributed by atoms with Gasteiger partial charge in [0.25, 0.3) is 5.91 Å². The third-order valence-electron chi connectivity index (χ3n) is 3.94.